The number of nitrogens with two attached hydrogens (primary N) is 1. The number of rotatable bonds is 7. The van der Waals surface area contributed by atoms with Gasteiger partial charge in [0.1, 0.15) is 22.6 Å². The van der Waals surface area contributed by atoms with Gasteiger partial charge in [-0.1, -0.05) is 17.1 Å². The van der Waals surface area contributed by atoms with Gasteiger partial charge in [0.15, 0.2) is 0 Å². The van der Waals surface area contributed by atoms with Gasteiger partial charge in [-0.05, 0) is 42.0 Å². The number of furan rings is 1. The van der Waals surface area contributed by atoms with Crippen molar-refractivity contribution in [2.24, 2.45) is 0 Å². The van der Waals surface area contributed by atoms with Crippen molar-refractivity contribution in [1.29, 1.82) is 0 Å². The zero-order chi connectivity index (χ0) is 23.5. The fraction of sp³-hybridized carbons (Fsp3) is 0.308. The van der Waals surface area contributed by atoms with Gasteiger partial charge < -0.3 is 24.4 Å². The first-order valence-electron chi connectivity index (χ1n) is 11.4. The van der Waals surface area contributed by atoms with Crippen molar-refractivity contribution >= 4 is 16.9 Å². The summed E-state index contributed by atoms with van der Waals surface area (Å²) < 4.78 is 24.4. The molecule has 8 nitrogen and oxygen atoms in total. The highest BCUT2D eigenvalue weighted by atomic mass is 16.5. The molecule has 0 spiro atoms. The summed E-state index contributed by atoms with van der Waals surface area (Å²) >= 11 is 0. The Balaban J connectivity index is 1.60. The Labute approximate surface area is 198 Å². The third kappa shape index (κ3) is 4.30. The minimum absolute atomic E-state index is 0.511. The highest BCUT2D eigenvalue weighted by Crippen LogP contribution is 2.42. The van der Waals surface area contributed by atoms with Crippen molar-refractivity contribution in [3.05, 3.63) is 54.9 Å². The summed E-state index contributed by atoms with van der Waals surface area (Å²) in [6.45, 7) is 5.02. The van der Waals surface area contributed by atoms with Crippen LogP contribution < -0.4 is 19.8 Å². The first-order chi connectivity index (χ1) is 16.7. The molecule has 2 aromatic carbocycles. The van der Waals surface area contributed by atoms with E-state index in [1.165, 1.54) is 0 Å². The zero-order valence-corrected chi connectivity index (χ0v) is 19.5. The largest absolute Gasteiger partial charge is 0.497 e. The number of benzene rings is 2. The van der Waals surface area contributed by atoms with Gasteiger partial charge in [-0.2, -0.15) is 0 Å². The maximum atomic E-state index is 6.74. The Morgan fingerprint density at radius 3 is 2.18 bits per heavy atom. The molecule has 2 aromatic heterocycles. The molecule has 1 aliphatic rings. The van der Waals surface area contributed by atoms with Crippen LogP contribution >= 0.6 is 0 Å². The molecule has 0 radical (unpaired) electrons. The molecule has 8 heteroatoms. The van der Waals surface area contributed by atoms with Gasteiger partial charge in [0, 0.05) is 30.8 Å². The number of anilines is 1. The standard InChI is InChI=1S/C26H28N4O4/c1-31-20-7-3-18(4-8-20)22-23-25(27)30(12-11-29-13-15-33-16-14-29)17-28-26(23)34-24(22)19-5-9-21(32-2)10-6-19/h3-10,17,27H,11-16H2,1-2H3/p+1. The van der Waals surface area contributed by atoms with Crippen molar-refractivity contribution in [2.45, 2.75) is 6.54 Å². The number of methoxy groups -OCH3 is 2. The summed E-state index contributed by atoms with van der Waals surface area (Å²) in [7, 11) is 3.31. The van der Waals surface area contributed by atoms with E-state index >= 15 is 0 Å². The Morgan fingerprint density at radius 1 is 0.941 bits per heavy atom. The number of hydrogen-bond acceptors (Lipinski definition) is 7. The number of morpholine rings is 1. The van der Waals surface area contributed by atoms with Crippen LogP contribution in [0, 0.1) is 0 Å². The smallest absolute Gasteiger partial charge is 0.310 e. The number of nitrogen functional groups attached to an aromatic ring is 1. The second-order valence-corrected chi connectivity index (χ2v) is 8.22. The second-order valence-electron chi connectivity index (χ2n) is 8.22. The SMILES string of the molecule is COc1ccc(-c2oc3nc[n+](CCN4CCOCC4)c(N)c3c2-c2ccc(OC)cc2)cc1. The van der Waals surface area contributed by atoms with Crippen LogP contribution in [0.2, 0.25) is 0 Å². The monoisotopic (exact) mass is 461 g/mol. The summed E-state index contributed by atoms with van der Waals surface area (Å²) in [5.41, 5.74) is 10.1. The molecule has 2 N–H and O–H groups in total. The van der Waals surface area contributed by atoms with E-state index in [1.807, 2.05) is 53.1 Å². The molecule has 0 atom stereocenters. The minimum Gasteiger partial charge on any atom is -0.497 e. The predicted molar refractivity (Wildman–Crippen MR) is 130 cm³/mol. The molecule has 176 valence electrons. The third-order valence-corrected chi connectivity index (χ3v) is 6.26. The average Bonchev–Trinajstić information content (AvgIpc) is 3.29. The van der Waals surface area contributed by atoms with E-state index in [1.54, 1.807) is 20.5 Å². The first-order valence-corrected chi connectivity index (χ1v) is 11.4. The van der Waals surface area contributed by atoms with E-state index in [0.717, 1.165) is 73.0 Å². The number of ether oxygens (including phenoxy) is 3. The molecule has 0 amide bonds. The Morgan fingerprint density at radius 2 is 1.56 bits per heavy atom. The molecular formula is C26H29N4O4+. The number of aromatic nitrogens is 2. The lowest BCUT2D eigenvalue weighted by atomic mass is 9.99. The third-order valence-electron chi connectivity index (χ3n) is 6.26. The molecule has 1 aliphatic heterocycles. The molecule has 5 rings (SSSR count). The van der Waals surface area contributed by atoms with Gasteiger partial charge >= 0.3 is 5.71 Å². The molecule has 0 saturated carbocycles. The van der Waals surface area contributed by atoms with Crippen LogP contribution in [0.15, 0.2) is 59.3 Å². The van der Waals surface area contributed by atoms with E-state index in [2.05, 4.69) is 9.88 Å². The van der Waals surface area contributed by atoms with Crippen molar-refractivity contribution in [3.63, 3.8) is 0 Å². The molecular weight excluding hydrogens is 432 g/mol. The highest BCUT2D eigenvalue weighted by Gasteiger charge is 2.26. The molecule has 3 heterocycles. The Kier molecular flexibility index (Phi) is 6.33. The van der Waals surface area contributed by atoms with Gasteiger partial charge in [-0.15, -0.1) is 0 Å². The van der Waals surface area contributed by atoms with Gasteiger partial charge in [0.05, 0.1) is 34.0 Å². The van der Waals surface area contributed by atoms with Crippen LogP contribution in [0.1, 0.15) is 0 Å². The molecule has 34 heavy (non-hydrogen) atoms. The number of fused-ring (bicyclic) bond motifs is 1. The summed E-state index contributed by atoms with van der Waals surface area (Å²) in [6, 6.07) is 15.7. The van der Waals surface area contributed by atoms with E-state index in [4.69, 9.17) is 24.4 Å². The fourth-order valence-electron chi connectivity index (χ4n) is 4.31. The molecule has 0 aliphatic carbocycles. The lowest BCUT2D eigenvalue weighted by Gasteiger charge is -2.26. The predicted octanol–water partition coefficient (Wildman–Crippen LogP) is 3.38. The van der Waals surface area contributed by atoms with E-state index in [-0.39, 0.29) is 0 Å². The van der Waals surface area contributed by atoms with E-state index in [9.17, 15) is 0 Å². The zero-order valence-electron chi connectivity index (χ0n) is 19.5. The molecule has 1 fully saturated rings. The molecule has 0 bridgehead atoms. The van der Waals surface area contributed by atoms with Crippen LogP contribution in [-0.2, 0) is 11.3 Å². The quantitative estimate of drug-likeness (QED) is 0.422. The van der Waals surface area contributed by atoms with Crippen molar-refractivity contribution in [2.75, 3.05) is 52.8 Å². The highest BCUT2D eigenvalue weighted by molar-refractivity contribution is 6.04. The first kappa shape index (κ1) is 22.2. The van der Waals surface area contributed by atoms with Crippen LogP contribution in [-0.4, -0.2) is 57.0 Å². The average molecular weight is 462 g/mol. The van der Waals surface area contributed by atoms with Crippen molar-refractivity contribution < 1.29 is 23.2 Å². The number of hydrogen-bond donors (Lipinski definition) is 1. The lowest BCUT2D eigenvalue weighted by molar-refractivity contribution is -0.684. The summed E-state index contributed by atoms with van der Waals surface area (Å²) in [6.07, 6.45) is 1.76. The number of nitrogens with zero attached hydrogens (tertiary/aromatic N) is 3. The Bertz CT molecular complexity index is 1260. The summed E-state index contributed by atoms with van der Waals surface area (Å²) in [4.78, 5) is 7.01. The topological polar surface area (TPSA) is 86.9 Å². The van der Waals surface area contributed by atoms with Crippen molar-refractivity contribution in [3.8, 4) is 33.9 Å². The second kappa shape index (κ2) is 9.70. The van der Waals surface area contributed by atoms with E-state index < -0.39 is 0 Å². The minimum atomic E-state index is 0.511. The molecule has 1 saturated heterocycles. The summed E-state index contributed by atoms with van der Waals surface area (Å²) in [5.74, 6) is 2.92. The Hall–Kier alpha value is -3.62. The van der Waals surface area contributed by atoms with Crippen LogP contribution in [0.25, 0.3) is 33.6 Å². The van der Waals surface area contributed by atoms with Crippen LogP contribution in [0.4, 0.5) is 5.82 Å². The van der Waals surface area contributed by atoms with Crippen molar-refractivity contribution in [1.82, 2.24) is 9.88 Å². The van der Waals surface area contributed by atoms with E-state index in [0.29, 0.717) is 17.3 Å². The maximum Gasteiger partial charge on any atom is 0.310 e. The van der Waals surface area contributed by atoms with Crippen LogP contribution in [0.3, 0.4) is 0 Å². The fourth-order valence-corrected chi connectivity index (χ4v) is 4.31. The van der Waals surface area contributed by atoms with Gasteiger partial charge in [0.2, 0.25) is 12.1 Å². The summed E-state index contributed by atoms with van der Waals surface area (Å²) in [5, 5.41) is 0.806. The lowest BCUT2D eigenvalue weighted by Crippen LogP contribution is -2.46. The van der Waals surface area contributed by atoms with Crippen LogP contribution in [0.5, 0.6) is 11.5 Å². The van der Waals surface area contributed by atoms with Gasteiger partial charge in [0.25, 0.3) is 0 Å². The molecule has 4 aromatic rings. The maximum absolute atomic E-state index is 6.74. The van der Waals surface area contributed by atoms with Gasteiger partial charge in [-0.3, -0.25) is 4.90 Å². The normalized spacial score (nSPS) is 14.4. The molecule has 0 unspecified atom stereocenters. The van der Waals surface area contributed by atoms with Gasteiger partial charge in [-0.25, -0.2) is 4.57 Å².